The van der Waals surface area contributed by atoms with Gasteiger partial charge >= 0.3 is 5.97 Å². The molecule has 0 saturated carbocycles. The first kappa shape index (κ1) is 24.5. The van der Waals surface area contributed by atoms with Crippen molar-refractivity contribution < 1.29 is 29.0 Å². The van der Waals surface area contributed by atoms with Crippen molar-refractivity contribution in [3.63, 3.8) is 0 Å². The smallest absolute Gasteiger partial charge is 0.339 e. The van der Waals surface area contributed by atoms with Gasteiger partial charge in [-0.25, -0.2) is 4.79 Å². The molecule has 3 N–H and O–H groups in total. The largest absolute Gasteiger partial charge is 0.507 e. The van der Waals surface area contributed by atoms with Crippen LogP contribution in [-0.4, -0.2) is 56.3 Å². The summed E-state index contributed by atoms with van der Waals surface area (Å²) in [6.07, 6.45) is 5.83. The number of amides is 1. The van der Waals surface area contributed by atoms with Gasteiger partial charge in [0.2, 0.25) is 5.91 Å². The molecule has 1 aliphatic heterocycles. The third-order valence-electron chi connectivity index (χ3n) is 6.46. The Labute approximate surface area is 212 Å². The molecular formula is C27H28N4O6. The van der Waals surface area contributed by atoms with Crippen LogP contribution in [0.2, 0.25) is 0 Å². The Morgan fingerprint density at radius 2 is 2.00 bits per heavy atom. The minimum Gasteiger partial charge on any atom is -0.507 e. The second kappa shape index (κ2) is 10.8. The van der Waals surface area contributed by atoms with E-state index in [1.807, 2.05) is 30.3 Å². The molecule has 1 atom stereocenters. The van der Waals surface area contributed by atoms with E-state index >= 15 is 0 Å². The average Bonchev–Trinajstić information content (AvgIpc) is 3.65. The number of nitrogens with one attached hydrogen (secondary N) is 1. The van der Waals surface area contributed by atoms with Gasteiger partial charge in [0, 0.05) is 43.1 Å². The van der Waals surface area contributed by atoms with Gasteiger partial charge in [-0.15, -0.1) is 5.10 Å². The summed E-state index contributed by atoms with van der Waals surface area (Å²) in [7, 11) is 0. The Hall–Kier alpha value is -4.18. The lowest BCUT2D eigenvalue weighted by Crippen LogP contribution is -2.31. The van der Waals surface area contributed by atoms with Crippen molar-refractivity contribution in [2.75, 3.05) is 13.2 Å². The molecule has 0 aliphatic carbocycles. The third kappa shape index (κ3) is 5.49. The van der Waals surface area contributed by atoms with Crippen LogP contribution in [0.1, 0.15) is 42.5 Å². The number of carboxylic acids is 1. The van der Waals surface area contributed by atoms with Crippen LogP contribution in [-0.2, 0) is 16.1 Å². The number of aromatic nitrogens is 3. The van der Waals surface area contributed by atoms with Crippen molar-refractivity contribution >= 4 is 22.8 Å². The average molecular weight is 505 g/mol. The van der Waals surface area contributed by atoms with Gasteiger partial charge in [-0.3, -0.25) is 9.48 Å². The number of hydrogen-bond acceptors (Lipinski definition) is 7. The molecule has 10 heteroatoms. The Bertz CT molecular complexity index is 1410. The maximum absolute atomic E-state index is 12.1. The van der Waals surface area contributed by atoms with E-state index in [1.54, 1.807) is 10.9 Å². The molecule has 0 radical (unpaired) electrons. The number of furan rings is 1. The SMILES string of the molecule is O=C(CCCCn1cc(-c2c(-c3ccccc3)oc3cc(O)c(C(=O)O)cc23)nn1)NCC1CCCO1. The highest BCUT2D eigenvalue weighted by atomic mass is 16.5. The quantitative estimate of drug-likeness (QED) is 0.273. The number of nitrogens with zero attached hydrogens (tertiary/aromatic N) is 3. The molecule has 0 bridgehead atoms. The number of rotatable bonds is 10. The van der Waals surface area contributed by atoms with Crippen molar-refractivity contribution in [3.05, 3.63) is 54.2 Å². The zero-order chi connectivity index (χ0) is 25.8. The molecule has 1 unspecified atom stereocenters. The van der Waals surface area contributed by atoms with Crippen LogP contribution in [0.4, 0.5) is 0 Å². The van der Waals surface area contributed by atoms with Gasteiger partial charge in [0.1, 0.15) is 28.4 Å². The fourth-order valence-corrected chi connectivity index (χ4v) is 4.55. The minimum atomic E-state index is -1.24. The maximum atomic E-state index is 12.1. The van der Waals surface area contributed by atoms with E-state index in [-0.39, 0.29) is 23.3 Å². The van der Waals surface area contributed by atoms with Crippen LogP contribution >= 0.6 is 0 Å². The molecule has 5 rings (SSSR count). The normalized spacial score (nSPS) is 15.3. The van der Waals surface area contributed by atoms with E-state index in [0.717, 1.165) is 31.4 Å². The molecular weight excluding hydrogens is 476 g/mol. The summed E-state index contributed by atoms with van der Waals surface area (Å²) in [6.45, 7) is 1.91. The summed E-state index contributed by atoms with van der Waals surface area (Å²) in [5.74, 6) is -1.09. The van der Waals surface area contributed by atoms with Gasteiger partial charge in [-0.2, -0.15) is 0 Å². The molecule has 10 nitrogen and oxygen atoms in total. The number of unbranched alkanes of at least 4 members (excludes halogenated alkanes) is 1. The van der Waals surface area contributed by atoms with Crippen molar-refractivity contribution in [3.8, 4) is 28.3 Å². The molecule has 1 amide bonds. The number of aromatic carboxylic acids is 1. The first-order valence-corrected chi connectivity index (χ1v) is 12.4. The molecule has 1 fully saturated rings. The van der Waals surface area contributed by atoms with Crippen LogP contribution in [0.5, 0.6) is 5.75 Å². The lowest BCUT2D eigenvalue weighted by molar-refractivity contribution is -0.121. The van der Waals surface area contributed by atoms with Crippen molar-refractivity contribution in [1.29, 1.82) is 0 Å². The van der Waals surface area contributed by atoms with E-state index in [1.165, 1.54) is 12.1 Å². The molecule has 4 aromatic rings. The van der Waals surface area contributed by atoms with Crippen LogP contribution in [0, 0.1) is 0 Å². The molecule has 1 saturated heterocycles. The first-order valence-electron chi connectivity index (χ1n) is 12.4. The number of carbonyl (C=O) groups is 2. The van der Waals surface area contributed by atoms with Gasteiger partial charge in [-0.1, -0.05) is 35.5 Å². The third-order valence-corrected chi connectivity index (χ3v) is 6.46. The number of phenols is 1. The Balaban J connectivity index is 1.31. The number of fused-ring (bicyclic) bond motifs is 1. The fourth-order valence-electron chi connectivity index (χ4n) is 4.55. The lowest BCUT2D eigenvalue weighted by Gasteiger charge is -2.10. The monoisotopic (exact) mass is 504 g/mol. The molecule has 37 heavy (non-hydrogen) atoms. The van der Waals surface area contributed by atoms with E-state index in [0.29, 0.717) is 53.9 Å². The van der Waals surface area contributed by atoms with Crippen LogP contribution < -0.4 is 5.32 Å². The fraction of sp³-hybridized carbons (Fsp3) is 0.333. The Morgan fingerprint density at radius 1 is 1.16 bits per heavy atom. The first-order chi connectivity index (χ1) is 18.0. The highest BCUT2D eigenvalue weighted by molar-refractivity contribution is 6.05. The standard InChI is InChI=1S/C27H28N4O6/c32-22-14-23-20(13-19(22)27(34)35)25(26(37-23)17-7-2-1-3-8-17)21-16-31(30-29-21)11-5-4-10-24(33)28-15-18-9-6-12-36-18/h1-3,7-8,13-14,16,18,32H,4-6,9-12,15H2,(H,28,33)(H,34,35). The van der Waals surface area contributed by atoms with Crippen LogP contribution in [0.3, 0.4) is 0 Å². The second-order valence-electron chi connectivity index (χ2n) is 9.11. The van der Waals surface area contributed by atoms with Gasteiger partial charge < -0.3 is 24.7 Å². The topological polar surface area (TPSA) is 140 Å². The molecule has 1 aliphatic rings. The number of hydrogen-bond donors (Lipinski definition) is 3. The number of aromatic hydroxyl groups is 1. The van der Waals surface area contributed by atoms with E-state index in [2.05, 4.69) is 15.6 Å². The van der Waals surface area contributed by atoms with Gasteiger partial charge in [0.15, 0.2) is 0 Å². The van der Waals surface area contributed by atoms with Crippen molar-refractivity contribution in [1.82, 2.24) is 20.3 Å². The molecule has 192 valence electrons. The van der Waals surface area contributed by atoms with E-state index in [9.17, 15) is 19.8 Å². The van der Waals surface area contributed by atoms with E-state index in [4.69, 9.17) is 9.15 Å². The summed E-state index contributed by atoms with van der Waals surface area (Å²) in [5.41, 5.74) is 2.03. The minimum absolute atomic E-state index is 0.0182. The number of carbonyl (C=O) groups excluding carboxylic acids is 1. The number of ether oxygens (including phenoxy) is 1. The molecule has 2 aromatic heterocycles. The summed E-state index contributed by atoms with van der Waals surface area (Å²) in [4.78, 5) is 23.7. The highest BCUT2D eigenvalue weighted by Crippen LogP contribution is 2.42. The predicted octanol–water partition coefficient (Wildman–Crippen LogP) is 4.23. The van der Waals surface area contributed by atoms with Crippen LogP contribution in [0.25, 0.3) is 33.6 Å². The van der Waals surface area contributed by atoms with E-state index < -0.39 is 5.97 Å². The van der Waals surface area contributed by atoms with Gasteiger partial charge in [-0.05, 0) is 31.7 Å². The Kier molecular flexibility index (Phi) is 7.18. The number of carboxylic acid groups (broad SMARTS) is 1. The van der Waals surface area contributed by atoms with Crippen molar-refractivity contribution in [2.45, 2.75) is 44.8 Å². The summed E-state index contributed by atoms with van der Waals surface area (Å²) in [5, 5.41) is 31.7. The zero-order valence-electron chi connectivity index (χ0n) is 20.2. The zero-order valence-corrected chi connectivity index (χ0v) is 20.2. The highest BCUT2D eigenvalue weighted by Gasteiger charge is 2.23. The maximum Gasteiger partial charge on any atom is 0.339 e. The van der Waals surface area contributed by atoms with Crippen LogP contribution in [0.15, 0.2) is 53.1 Å². The number of aryl methyl sites for hydroxylation is 1. The van der Waals surface area contributed by atoms with Gasteiger partial charge in [0.05, 0.1) is 17.9 Å². The summed E-state index contributed by atoms with van der Waals surface area (Å²) >= 11 is 0. The number of benzene rings is 2. The molecule has 3 heterocycles. The Morgan fingerprint density at radius 3 is 2.76 bits per heavy atom. The summed E-state index contributed by atoms with van der Waals surface area (Å²) in [6, 6.07) is 12.1. The molecule has 2 aromatic carbocycles. The van der Waals surface area contributed by atoms with Gasteiger partial charge in [0.25, 0.3) is 0 Å². The predicted molar refractivity (Wildman–Crippen MR) is 135 cm³/mol. The van der Waals surface area contributed by atoms with Crippen molar-refractivity contribution in [2.24, 2.45) is 0 Å². The molecule has 0 spiro atoms. The lowest BCUT2D eigenvalue weighted by atomic mass is 10.0. The second-order valence-corrected chi connectivity index (χ2v) is 9.11. The summed E-state index contributed by atoms with van der Waals surface area (Å²) < 4.78 is 13.3.